The second kappa shape index (κ2) is 22.7. The number of carbonyl (C=O) groups is 2. The van der Waals surface area contributed by atoms with Gasteiger partial charge in [0.25, 0.3) is 0 Å². The van der Waals surface area contributed by atoms with Crippen molar-refractivity contribution in [2.75, 3.05) is 58.5 Å². The number of nitrogens with one attached hydrogen (secondary N) is 3. The largest absolute Gasteiger partial charge is 0.486 e. The Balaban J connectivity index is 0.868. The van der Waals surface area contributed by atoms with Crippen LogP contribution in [0.4, 0.5) is 10.2 Å². The van der Waals surface area contributed by atoms with E-state index in [9.17, 15) is 19.8 Å². The number of aliphatic hydroxyl groups is 2. The molecule has 5 atom stereocenters. The maximum atomic E-state index is 16.1. The predicted molar refractivity (Wildman–Crippen MR) is 298 cm³/mol. The number of methoxy groups -OCH3 is 1. The van der Waals surface area contributed by atoms with Crippen LogP contribution in [0, 0.1) is 25.6 Å². The smallest absolute Gasteiger partial charge is 0.319 e. The van der Waals surface area contributed by atoms with Gasteiger partial charge < -0.3 is 44.9 Å². The molecule has 1 saturated carbocycles. The average molecular weight is 1090 g/mol. The van der Waals surface area contributed by atoms with Gasteiger partial charge >= 0.3 is 6.01 Å². The van der Waals surface area contributed by atoms with E-state index < -0.39 is 30.1 Å². The highest BCUT2D eigenvalue weighted by molar-refractivity contribution is 7.13. The zero-order valence-corrected chi connectivity index (χ0v) is 45.9. The molecule has 412 valence electrons. The summed E-state index contributed by atoms with van der Waals surface area (Å²) in [5.41, 5.74) is 10.5. The number of rotatable bonds is 20. The summed E-state index contributed by atoms with van der Waals surface area (Å²) in [6, 6.07) is 16.7. The molecular formula is C58H65FN12O7S. The molecule has 0 bridgehead atoms. The third kappa shape index (κ3) is 10.8. The number of aryl methyl sites for hydroxylation is 1. The van der Waals surface area contributed by atoms with Crippen molar-refractivity contribution in [3.05, 3.63) is 112 Å². The molecule has 2 amide bonds. The number of aliphatic hydroxyl groups excluding tert-OH is 2. The summed E-state index contributed by atoms with van der Waals surface area (Å²) < 4.78 is 36.1. The fraction of sp³-hybridized carbons (Fsp3) is 0.414. The van der Waals surface area contributed by atoms with E-state index in [1.54, 1.807) is 31.9 Å². The summed E-state index contributed by atoms with van der Waals surface area (Å²) in [4.78, 5) is 47.7. The third-order valence-corrected chi connectivity index (χ3v) is 16.6. The second-order valence-corrected chi connectivity index (χ2v) is 22.1. The first kappa shape index (κ1) is 53.6. The Morgan fingerprint density at radius 1 is 0.987 bits per heavy atom. The van der Waals surface area contributed by atoms with Gasteiger partial charge in [0.15, 0.2) is 5.75 Å². The van der Waals surface area contributed by atoms with E-state index in [-0.39, 0.29) is 68.4 Å². The van der Waals surface area contributed by atoms with Gasteiger partial charge in [-0.25, -0.2) is 14.1 Å². The second-order valence-electron chi connectivity index (χ2n) is 21.2. The molecule has 6 heterocycles. The molecule has 8 aromatic rings. The van der Waals surface area contributed by atoms with Crippen LogP contribution in [0.15, 0.2) is 78.6 Å². The summed E-state index contributed by atoms with van der Waals surface area (Å²) in [7, 11) is 3.66. The number of aromatic amines is 1. The van der Waals surface area contributed by atoms with Crippen molar-refractivity contribution < 1.29 is 38.4 Å². The van der Waals surface area contributed by atoms with Crippen LogP contribution >= 0.6 is 11.3 Å². The van der Waals surface area contributed by atoms with Crippen LogP contribution in [-0.2, 0) is 20.9 Å². The van der Waals surface area contributed by atoms with Crippen LogP contribution in [0.3, 0.4) is 0 Å². The number of thiazole rings is 1. The van der Waals surface area contributed by atoms with Crippen LogP contribution in [0.5, 0.6) is 11.8 Å². The van der Waals surface area contributed by atoms with Crippen molar-refractivity contribution in [1.82, 2.24) is 55.7 Å². The van der Waals surface area contributed by atoms with Gasteiger partial charge in [0.1, 0.15) is 48.1 Å². The summed E-state index contributed by atoms with van der Waals surface area (Å²) in [6.07, 6.45) is 5.43. The molecule has 3 aliphatic rings. The van der Waals surface area contributed by atoms with Crippen molar-refractivity contribution in [1.29, 1.82) is 0 Å². The minimum absolute atomic E-state index is 0.0394. The number of carbonyl (C=O) groups excluding carboxylic acids is 2. The fourth-order valence-electron chi connectivity index (χ4n) is 11.1. The lowest BCUT2D eigenvalue weighted by Crippen LogP contribution is -2.50. The minimum Gasteiger partial charge on any atom is -0.486 e. The number of H-pyrrole nitrogens is 1. The molecule has 19 nitrogen and oxygen atoms in total. The highest BCUT2D eigenvalue weighted by Crippen LogP contribution is 2.53. The molecule has 0 spiro atoms. The van der Waals surface area contributed by atoms with Crippen molar-refractivity contribution in [3.63, 3.8) is 0 Å². The topological polar surface area (TPSA) is 231 Å². The Morgan fingerprint density at radius 3 is 2.47 bits per heavy atom. The Kier molecular flexibility index (Phi) is 15.4. The lowest BCUT2D eigenvalue weighted by molar-refractivity contribution is -0.142. The van der Waals surface area contributed by atoms with Gasteiger partial charge in [0.2, 0.25) is 11.8 Å². The molecule has 79 heavy (non-hydrogen) atoms. The maximum absolute atomic E-state index is 16.1. The molecule has 0 unspecified atom stereocenters. The zero-order valence-electron chi connectivity index (χ0n) is 45.1. The summed E-state index contributed by atoms with van der Waals surface area (Å²) in [5.74, 6) is -0.102. The van der Waals surface area contributed by atoms with Gasteiger partial charge in [0.05, 0.1) is 59.4 Å². The van der Waals surface area contributed by atoms with Crippen molar-refractivity contribution >= 4 is 50.8 Å². The molecule has 2 saturated heterocycles. The lowest BCUT2D eigenvalue weighted by atomic mass is 9.88. The quantitative estimate of drug-likeness (QED) is 0.0463. The zero-order chi connectivity index (χ0) is 55.1. The van der Waals surface area contributed by atoms with Crippen LogP contribution in [0.1, 0.15) is 85.5 Å². The number of hydrogen-bond donors (Lipinski definition) is 5. The van der Waals surface area contributed by atoms with Crippen molar-refractivity contribution in [2.45, 2.75) is 96.2 Å². The number of likely N-dealkylation sites (tertiary alicyclic amines) is 1. The first-order valence-corrected chi connectivity index (χ1v) is 27.8. The van der Waals surface area contributed by atoms with Crippen molar-refractivity contribution in [2.24, 2.45) is 5.92 Å². The molecule has 0 radical (unpaired) electrons. The van der Waals surface area contributed by atoms with E-state index in [0.717, 1.165) is 81.5 Å². The summed E-state index contributed by atoms with van der Waals surface area (Å²) in [5, 5.41) is 45.6. The van der Waals surface area contributed by atoms with E-state index in [0.29, 0.717) is 51.6 Å². The number of ether oxygens (including phenoxy) is 3. The van der Waals surface area contributed by atoms with E-state index >= 15 is 4.39 Å². The SMILES string of the molecule is COCCOc1nc(N(C)[C@H]2CCNC2)c2cc(C3CC3)c(-c3c(C)c(F)cc4[nH]ncc34)c(OCc3ccc(-c4cn([C@H](C(=O)N5C[C@H](O)C[C@H]5C(=O)N[C@@H](CO)c5ccc(-c6scnc6C)cc5)C(C)C)nn4)cc3)c2n1. The van der Waals surface area contributed by atoms with Gasteiger partial charge in [-0.1, -0.05) is 67.6 Å². The fourth-order valence-corrected chi connectivity index (χ4v) is 11.9. The van der Waals surface area contributed by atoms with Crippen LogP contribution in [0.25, 0.3) is 54.6 Å². The van der Waals surface area contributed by atoms with E-state index in [2.05, 4.69) is 47.1 Å². The monoisotopic (exact) mass is 1090 g/mol. The molecule has 4 aromatic carbocycles. The van der Waals surface area contributed by atoms with Crippen LogP contribution in [0.2, 0.25) is 0 Å². The number of halogens is 1. The third-order valence-electron chi connectivity index (χ3n) is 15.6. The molecule has 11 rings (SSSR count). The van der Waals surface area contributed by atoms with Gasteiger partial charge in [-0.3, -0.25) is 14.7 Å². The average Bonchev–Trinajstić information content (AvgIpc) is 4.26. The molecule has 4 aromatic heterocycles. The number of β-amino-alcohol motifs (C(OH)–C–C–N with tert-alkyl or cyclic N) is 1. The number of aromatic nitrogens is 8. The molecular weight excluding hydrogens is 1030 g/mol. The standard InChI is InChI=1S/C58H65FN12O7S/c1-31(2)52(57(75)70-26-40(73)21-48(70)56(74)63-47(28-72)37-13-15-38(16-14-37)54-33(4)61-30-79-54)71-27-46(67-68-71)36-9-7-34(8-10-36)29-78-53-50(49-32(3)44(59)23-45-43(49)25-62-66-45)41(35-11-12-35)22-42-51(53)64-58(77-20-19-76-6)65-55(42)69(5)39-17-18-60-24-39/h7-10,13-16,22-23,25,27,30-31,35,39-40,47-48,52,60,72-73H,11-12,17-21,24,26,28-29H2,1-6H3,(H,62,66)(H,63,74)/t39-,40+,47-,48-,52-/m0/s1. The number of hydrogen-bond acceptors (Lipinski definition) is 16. The highest BCUT2D eigenvalue weighted by atomic mass is 32.1. The Morgan fingerprint density at radius 2 is 1.77 bits per heavy atom. The van der Waals surface area contributed by atoms with E-state index in [1.165, 1.54) is 27.0 Å². The molecule has 5 N–H and O–H groups in total. The van der Waals surface area contributed by atoms with E-state index in [1.807, 2.05) is 76.3 Å². The van der Waals surface area contributed by atoms with Gasteiger partial charge in [-0.2, -0.15) is 15.1 Å². The lowest BCUT2D eigenvalue weighted by Gasteiger charge is -2.30. The predicted octanol–water partition coefficient (Wildman–Crippen LogP) is 7.60. The Bertz CT molecular complexity index is 3500. The Hall–Kier alpha value is -7.43. The first-order valence-electron chi connectivity index (χ1n) is 26.9. The maximum Gasteiger partial charge on any atom is 0.319 e. The summed E-state index contributed by atoms with van der Waals surface area (Å²) in [6.45, 7) is 9.50. The molecule has 3 fully saturated rings. The number of anilines is 1. The molecule has 1 aliphatic carbocycles. The molecule has 21 heteroatoms. The Labute approximate surface area is 460 Å². The minimum atomic E-state index is -0.981. The van der Waals surface area contributed by atoms with E-state index in [4.69, 9.17) is 24.2 Å². The van der Waals surface area contributed by atoms with Gasteiger partial charge in [0, 0.05) is 67.2 Å². The van der Waals surface area contributed by atoms with Gasteiger partial charge in [-0.05, 0) is 91.4 Å². The van der Waals surface area contributed by atoms with Gasteiger partial charge in [-0.15, -0.1) is 16.4 Å². The summed E-state index contributed by atoms with van der Waals surface area (Å²) >= 11 is 1.54. The van der Waals surface area contributed by atoms with Crippen LogP contribution < -0.4 is 25.0 Å². The molecule has 2 aliphatic heterocycles. The number of fused-ring (bicyclic) bond motifs is 2. The number of amides is 2. The normalized spacial score (nSPS) is 18.2. The number of benzene rings is 4. The first-order chi connectivity index (χ1) is 38.3. The van der Waals surface area contributed by atoms with Crippen molar-refractivity contribution in [3.8, 4) is 44.6 Å². The van der Waals surface area contributed by atoms with Crippen LogP contribution in [-0.4, -0.2) is 139 Å². The highest BCUT2D eigenvalue weighted by Gasteiger charge is 2.43. The number of nitrogens with zero attached hydrogens (tertiary/aromatic N) is 9. The number of likely N-dealkylation sites (N-methyl/N-ethyl adjacent to an activating group) is 1.